The maximum absolute atomic E-state index is 11.9. The molecule has 7 nitrogen and oxygen atoms in total. The predicted octanol–water partition coefficient (Wildman–Crippen LogP) is 2.83. The van der Waals surface area contributed by atoms with Crippen LogP contribution in [-0.2, 0) is 0 Å². The highest BCUT2D eigenvalue weighted by Crippen LogP contribution is 2.20. The van der Waals surface area contributed by atoms with E-state index in [9.17, 15) is 20.0 Å². The van der Waals surface area contributed by atoms with Gasteiger partial charge < -0.3 is 5.11 Å². The van der Waals surface area contributed by atoms with Gasteiger partial charge in [-0.25, -0.2) is 5.43 Å². The van der Waals surface area contributed by atoms with Crippen LogP contribution in [0.1, 0.15) is 15.9 Å². The number of phenols is 1. The molecular formula is C14H10BrN3O4. The van der Waals surface area contributed by atoms with Gasteiger partial charge in [-0.1, -0.05) is 28.1 Å². The van der Waals surface area contributed by atoms with Crippen LogP contribution >= 0.6 is 15.9 Å². The Morgan fingerprint density at radius 3 is 2.77 bits per heavy atom. The van der Waals surface area contributed by atoms with Crippen LogP contribution in [-0.4, -0.2) is 22.2 Å². The first-order valence-corrected chi connectivity index (χ1v) is 6.83. The van der Waals surface area contributed by atoms with Gasteiger partial charge in [-0.05, 0) is 24.3 Å². The molecule has 0 heterocycles. The van der Waals surface area contributed by atoms with Crippen molar-refractivity contribution in [3.63, 3.8) is 0 Å². The highest BCUT2D eigenvalue weighted by Gasteiger charge is 2.18. The molecule has 0 saturated carbocycles. The zero-order valence-electron chi connectivity index (χ0n) is 11.1. The van der Waals surface area contributed by atoms with Crippen molar-refractivity contribution in [3.05, 3.63) is 68.2 Å². The summed E-state index contributed by atoms with van der Waals surface area (Å²) < 4.78 is 0.675. The Morgan fingerprint density at radius 1 is 1.32 bits per heavy atom. The molecule has 2 rings (SSSR count). The number of para-hydroxylation sites is 1. The molecule has 0 aliphatic heterocycles. The number of aromatic hydroxyl groups is 1. The summed E-state index contributed by atoms with van der Waals surface area (Å²) in [5, 5.41) is 24.0. The van der Waals surface area contributed by atoms with Gasteiger partial charge in [0.1, 0.15) is 11.3 Å². The third-order valence-electron chi connectivity index (χ3n) is 2.69. The highest BCUT2D eigenvalue weighted by atomic mass is 79.9. The summed E-state index contributed by atoms with van der Waals surface area (Å²) in [6.45, 7) is 0. The number of nitrogens with zero attached hydrogens (tertiary/aromatic N) is 2. The van der Waals surface area contributed by atoms with Crippen molar-refractivity contribution < 1.29 is 14.8 Å². The fraction of sp³-hybridized carbons (Fsp3) is 0. The maximum Gasteiger partial charge on any atom is 0.282 e. The standard InChI is InChI=1S/C14H10BrN3O4/c15-12-6-5-10(19)7-9(12)8-16-17-14(20)11-3-1-2-4-13(11)18(21)22/h1-8,19H,(H,17,20)/b16-8+. The quantitative estimate of drug-likeness (QED) is 0.494. The van der Waals surface area contributed by atoms with Gasteiger partial charge in [-0.3, -0.25) is 14.9 Å². The number of hydrogen-bond donors (Lipinski definition) is 2. The molecule has 0 bridgehead atoms. The molecule has 2 aromatic carbocycles. The average molecular weight is 364 g/mol. The Morgan fingerprint density at radius 2 is 2.05 bits per heavy atom. The van der Waals surface area contributed by atoms with E-state index in [1.807, 2.05) is 0 Å². The topological polar surface area (TPSA) is 105 Å². The predicted molar refractivity (Wildman–Crippen MR) is 84.0 cm³/mol. The normalized spacial score (nSPS) is 10.6. The van der Waals surface area contributed by atoms with E-state index in [0.717, 1.165) is 0 Å². The molecule has 0 spiro atoms. The van der Waals surface area contributed by atoms with Gasteiger partial charge in [-0.15, -0.1) is 0 Å². The molecule has 2 N–H and O–H groups in total. The number of rotatable bonds is 4. The second-order valence-corrected chi connectivity index (χ2v) is 5.03. The minimum absolute atomic E-state index is 0.0506. The van der Waals surface area contributed by atoms with E-state index in [0.29, 0.717) is 10.0 Å². The van der Waals surface area contributed by atoms with E-state index in [1.165, 1.54) is 42.6 Å². The van der Waals surface area contributed by atoms with Crippen molar-refractivity contribution in [3.8, 4) is 5.75 Å². The number of nitro benzene ring substituents is 1. The fourth-order valence-corrected chi connectivity index (χ4v) is 2.02. The summed E-state index contributed by atoms with van der Waals surface area (Å²) in [5.74, 6) is -0.644. The van der Waals surface area contributed by atoms with Crippen molar-refractivity contribution in [1.82, 2.24) is 5.43 Å². The minimum Gasteiger partial charge on any atom is -0.508 e. The molecule has 2 aromatic rings. The van der Waals surface area contributed by atoms with Crippen molar-refractivity contribution in [1.29, 1.82) is 0 Å². The van der Waals surface area contributed by atoms with Crippen LogP contribution in [0.2, 0.25) is 0 Å². The Balaban J connectivity index is 2.15. The Kier molecular flexibility index (Phi) is 4.84. The second kappa shape index (κ2) is 6.81. The van der Waals surface area contributed by atoms with Gasteiger partial charge in [0.2, 0.25) is 0 Å². The van der Waals surface area contributed by atoms with Crippen LogP contribution in [0.3, 0.4) is 0 Å². The molecule has 0 aliphatic rings. The number of phenolic OH excluding ortho intramolecular Hbond substituents is 1. The van der Waals surface area contributed by atoms with Gasteiger partial charge in [-0.2, -0.15) is 5.10 Å². The molecule has 8 heteroatoms. The van der Waals surface area contributed by atoms with E-state index in [4.69, 9.17) is 0 Å². The highest BCUT2D eigenvalue weighted by molar-refractivity contribution is 9.10. The summed E-state index contributed by atoms with van der Waals surface area (Å²) in [7, 11) is 0. The number of nitro groups is 1. The molecule has 0 aromatic heterocycles. The lowest BCUT2D eigenvalue weighted by molar-refractivity contribution is -0.385. The van der Waals surface area contributed by atoms with Crippen molar-refractivity contribution in [2.45, 2.75) is 0 Å². The van der Waals surface area contributed by atoms with E-state index >= 15 is 0 Å². The van der Waals surface area contributed by atoms with Crippen LogP contribution in [0.25, 0.3) is 0 Å². The van der Waals surface area contributed by atoms with Crippen LogP contribution in [0.4, 0.5) is 5.69 Å². The van der Waals surface area contributed by atoms with Crippen LogP contribution in [0, 0.1) is 10.1 Å². The Labute approximate surface area is 133 Å². The lowest BCUT2D eigenvalue weighted by atomic mass is 10.2. The molecule has 0 fully saturated rings. The summed E-state index contributed by atoms with van der Waals surface area (Å²) in [6, 6.07) is 10.1. The second-order valence-electron chi connectivity index (χ2n) is 4.18. The summed E-state index contributed by atoms with van der Waals surface area (Å²) in [5.41, 5.74) is 2.38. The third-order valence-corrected chi connectivity index (χ3v) is 3.42. The summed E-state index contributed by atoms with van der Waals surface area (Å²) in [4.78, 5) is 22.1. The maximum atomic E-state index is 11.9. The first kappa shape index (κ1) is 15.6. The van der Waals surface area contributed by atoms with Gasteiger partial charge >= 0.3 is 0 Å². The molecule has 1 amide bonds. The molecule has 0 unspecified atom stereocenters. The number of hydrazone groups is 1. The van der Waals surface area contributed by atoms with E-state index in [1.54, 1.807) is 6.07 Å². The van der Waals surface area contributed by atoms with Crippen molar-refractivity contribution >= 4 is 33.7 Å². The van der Waals surface area contributed by atoms with Gasteiger partial charge in [0.25, 0.3) is 11.6 Å². The number of carbonyl (C=O) groups is 1. The number of amides is 1. The first-order chi connectivity index (χ1) is 10.5. The minimum atomic E-state index is -0.695. The van der Waals surface area contributed by atoms with Gasteiger partial charge in [0, 0.05) is 16.1 Å². The molecule has 0 atom stereocenters. The van der Waals surface area contributed by atoms with Crippen LogP contribution in [0.15, 0.2) is 52.0 Å². The molecule has 0 aliphatic carbocycles. The van der Waals surface area contributed by atoms with E-state index in [-0.39, 0.29) is 17.0 Å². The largest absolute Gasteiger partial charge is 0.508 e. The van der Waals surface area contributed by atoms with Crippen LogP contribution < -0.4 is 5.43 Å². The van der Waals surface area contributed by atoms with Crippen molar-refractivity contribution in [2.24, 2.45) is 5.10 Å². The Bertz CT molecular complexity index is 762. The number of carbonyl (C=O) groups excluding carboxylic acids is 1. The number of hydrogen-bond acceptors (Lipinski definition) is 5. The zero-order chi connectivity index (χ0) is 16.1. The molecular weight excluding hydrogens is 354 g/mol. The third kappa shape index (κ3) is 3.67. The first-order valence-electron chi connectivity index (χ1n) is 6.04. The summed E-state index contributed by atoms with van der Waals surface area (Å²) in [6.07, 6.45) is 1.32. The number of halogens is 1. The van der Waals surface area contributed by atoms with Crippen LogP contribution in [0.5, 0.6) is 5.75 Å². The molecule has 22 heavy (non-hydrogen) atoms. The van der Waals surface area contributed by atoms with Crippen molar-refractivity contribution in [2.75, 3.05) is 0 Å². The van der Waals surface area contributed by atoms with Gasteiger partial charge in [0.15, 0.2) is 0 Å². The average Bonchev–Trinajstić information content (AvgIpc) is 2.50. The summed E-state index contributed by atoms with van der Waals surface area (Å²) >= 11 is 3.27. The number of benzene rings is 2. The molecule has 0 saturated heterocycles. The Hall–Kier alpha value is -2.74. The SMILES string of the molecule is O=C(N/N=C/c1cc(O)ccc1Br)c1ccccc1[N+](=O)[O-]. The van der Waals surface area contributed by atoms with E-state index < -0.39 is 10.8 Å². The fourth-order valence-electron chi connectivity index (χ4n) is 1.68. The lowest BCUT2D eigenvalue weighted by Gasteiger charge is -2.02. The molecule has 112 valence electrons. The van der Waals surface area contributed by atoms with E-state index in [2.05, 4.69) is 26.5 Å². The smallest absolute Gasteiger partial charge is 0.282 e. The lowest BCUT2D eigenvalue weighted by Crippen LogP contribution is -2.18. The zero-order valence-corrected chi connectivity index (χ0v) is 12.6. The van der Waals surface area contributed by atoms with Gasteiger partial charge in [0.05, 0.1) is 11.1 Å². The monoisotopic (exact) mass is 363 g/mol. The number of nitrogens with one attached hydrogen (secondary N) is 1. The molecule has 0 radical (unpaired) electrons.